The van der Waals surface area contributed by atoms with Crippen LogP contribution in [-0.4, -0.2) is 13.0 Å². The van der Waals surface area contributed by atoms with Crippen LogP contribution in [0.3, 0.4) is 0 Å². The minimum Gasteiger partial charge on any atom is -0.277 e. The Kier molecular flexibility index (Phi) is 2.65. The lowest BCUT2D eigenvalue weighted by atomic mass is 10.2. The lowest BCUT2D eigenvalue weighted by molar-refractivity contribution is -0.127. The van der Waals surface area contributed by atoms with E-state index < -0.39 is 0 Å². The predicted molar refractivity (Wildman–Crippen MR) is 41.7 cm³/mol. The molecule has 0 atom stereocenters. The molecule has 1 N–H and O–H groups in total. The van der Waals surface area contributed by atoms with E-state index in [-0.39, 0.29) is 5.91 Å². The van der Waals surface area contributed by atoms with Crippen LogP contribution in [0.5, 0.6) is 0 Å². The van der Waals surface area contributed by atoms with E-state index in [1.54, 1.807) is 0 Å². The van der Waals surface area contributed by atoms with Gasteiger partial charge < -0.3 is 0 Å². The van der Waals surface area contributed by atoms with Crippen molar-refractivity contribution >= 4 is 5.91 Å². The largest absolute Gasteiger partial charge is 0.277 e. The number of amides is 1. The summed E-state index contributed by atoms with van der Waals surface area (Å²) in [5, 5.41) is 0. The van der Waals surface area contributed by atoms with Crippen LogP contribution in [0.4, 0.5) is 0 Å². The Morgan fingerprint density at radius 2 is 2.27 bits per heavy atom. The van der Waals surface area contributed by atoms with Crippen molar-refractivity contribution in [3.05, 3.63) is 11.1 Å². The van der Waals surface area contributed by atoms with Crippen molar-refractivity contribution in [1.82, 2.24) is 5.48 Å². The lowest BCUT2D eigenvalue weighted by Gasteiger charge is -2.02. The van der Waals surface area contributed by atoms with Crippen LogP contribution >= 0.6 is 0 Å². The molecular weight excluding hydrogens is 142 g/mol. The van der Waals surface area contributed by atoms with Gasteiger partial charge in [-0.25, -0.2) is 5.48 Å². The van der Waals surface area contributed by atoms with Gasteiger partial charge in [-0.1, -0.05) is 5.57 Å². The zero-order chi connectivity index (χ0) is 8.27. The number of hydroxylamine groups is 1. The number of carbonyl (C=O) groups is 1. The Labute approximate surface area is 66.4 Å². The van der Waals surface area contributed by atoms with Crippen molar-refractivity contribution < 1.29 is 9.63 Å². The van der Waals surface area contributed by atoms with Crippen LogP contribution < -0.4 is 5.48 Å². The van der Waals surface area contributed by atoms with Gasteiger partial charge in [-0.2, -0.15) is 0 Å². The Hall–Kier alpha value is -0.830. The van der Waals surface area contributed by atoms with Crippen molar-refractivity contribution in [1.29, 1.82) is 0 Å². The molecule has 3 nitrogen and oxygen atoms in total. The average molecular weight is 155 g/mol. The second kappa shape index (κ2) is 3.53. The number of hydrogen-bond acceptors (Lipinski definition) is 2. The highest BCUT2D eigenvalue weighted by Crippen LogP contribution is 2.24. The highest BCUT2D eigenvalue weighted by Gasteiger charge is 2.17. The second-order valence-electron chi connectivity index (χ2n) is 2.75. The Morgan fingerprint density at radius 1 is 1.55 bits per heavy atom. The molecule has 62 valence electrons. The lowest BCUT2D eigenvalue weighted by Crippen LogP contribution is -2.23. The maximum atomic E-state index is 11.2. The van der Waals surface area contributed by atoms with E-state index in [1.807, 2.05) is 6.92 Å². The van der Waals surface area contributed by atoms with Crippen molar-refractivity contribution in [2.24, 2.45) is 0 Å². The molecule has 0 saturated carbocycles. The summed E-state index contributed by atoms with van der Waals surface area (Å²) in [6, 6.07) is 0. The molecule has 0 radical (unpaired) electrons. The fourth-order valence-corrected chi connectivity index (χ4v) is 1.36. The summed E-state index contributed by atoms with van der Waals surface area (Å²) in [6.07, 6.45) is 3.03. The smallest absolute Gasteiger partial charge is 0.270 e. The van der Waals surface area contributed by atoms with Crippen LogP contribution in [0.25, 0.3) is 0 Å². The summed E-state index contributed by atoms with van der Waals surface area (Å²) in [5.74, 6) is -0.0810. The van der Waals surface area contributed by atoms with Crippen LogP contribution in [0, 0.1) is 0 Å². The van der Waals surface area contributed by atoms with Gasteiger partial charge in [0.2, 0.25) is 0 Å². The number of rotatable bonds is 2. The average Bonchev–Trinajstić information content (AvgIpc) is 2.36. The zero-order valence-corrected chi connectivity index (χ0v) is 6.94. The molecule has 0 aromatic heterocycles. The Bertz CT molecular complexity index is 196. The van der Waals surface area contributed by atoms with E-state index >= 15 is 0 Å². The minimum absolute atomic E-state index is 0.0810. The molecule has 3 heteroatoms. The normalized spacial score (nSPS) is 17.3. The molecule has 0 unspecified atom stereocenters. The summed E-state index contributed by atoms with van der Waals surface area (Å²) >= 11 is 0. The molecule has 0 bridgehead atoms. The molecule has 1 aliphatic carbocycles. The van der Waals surface area contributed by atoms with Gasteiger partial charge in [0.1, 0.15) is 0 Å². The van der Waals surface area contributed by atoms with Crippen molar-refractivity contribution in [2.45, 2.75) is 26.2 Å². The quantitative estimate of drug-likeness (QED) is 0.608. The number of hydrogen-bond donors (Lipinski definition) is 1. The van der Waals surface area contributed by atoms with Crippen LogP contribution in [0.1, 0.15) is 26.2 Å². The third-order valence-electron chi connectivity index (χ3n) is 1.96. The zero-order valence-electron chi connectivity index (χ0n) is 6.94. The van der Waals surface area contributed by atoms with E-state index in [1.165, 1.54) is 12.7 Å². The molecule has 1 amide bonds. The summed E-state index contributed by atoms with van der Waals surface area (Å²) in [4.78, 5) is 15.7. The van der Waals surface area contributed by atoms with Gasteiger partial charge in [0, 0.05) is 5.57 Å². The highest BCUT2D eigenvalue weighted by molar-refractivity contribution is 5.93. The number of allylic oxidation sites excluding steroid dienone is 1. The van der Waals surface area contributed by atoms with E-state index in [0.29, 0.717) is 0 Å². The molecule has 0 aromatic rings. The fourth-order valence-electron chi connectivity index (χ4n) is 1.36. The van der Waals surface area contributed by atoms with E-state index in [4.69, 9.17) is 0 Å². The molecule has 0 fully saturated rings. The number of carbonyl (C=O) groups excluding carboxylic acids is 1. The fraction of sp³-hybridized carbons (Fsp3) is 0.625. The van der Waals surface area contributed by atoms with E-state index in [9.17, 15) is 4.79 Å². The highest BCUT2D eigenvalue weighted by atomic mass is 16.6. The topological polar surface area (TPSA) is 38.3 Å². The molecule has 0 spiro atoms. The van der Waals surface area contributed by atoms with Crippen molar-refractivity contribution in [3.8, 4) is 0 Å². The van der Waals surface area contributed by atoms with Gasteiger partial charge in [0.05, 0.1) is 7.11 Å². The maximum absolute atomic E-state index is 11.2. The third kappa shape index (κ3) is 1.80. The number of nitrogens with one attached hydrogen (secondary N) is 1. The van der Waals surface area contributed by atoms with Gasteiger partial charge in [0.15, 0.2) is 0 Å². The third-order valence-corrected chi connectivity index (χ3v) is 1.96. The van der Waals surface area contributed by atoms with Gasteiger partial charge in [0.25, 0.3) is 5.91 Å². The van der Waals surface area contributed by atoms with Crippen molar-refractivity contribution in [2.75, 3.05) is 7.11 Å². The standard InChI is InChI=1S/C8H13NO2/c1-6-4-3-5-7(6)8(10)9-11-2/h3-5H2,1-2H3,(H,9,10). The first-order valence-electron chi connectivity index (χ1n) is 3.77. The maximum Gasteiger partial charge on any atom is 0.270 e. The first kappa shape index (κ1) is 8.27. The minimum atomic E-state index is -0.0810. The van der Waals surface area contributed by atoms with E-state index in [0.717, 1.165) is 24.8 Å². The van der Waals surface area contributed by atoms with Gasteiger partial charge in [-0.15, -0.1) is 0 Å². The summed E-state index contributed by atoms with van der Waals surface area (Å²) in [7, 11) is 1.45. The molecule has 0 aliphatic heterocycles. The summed E-state index contributed by atoms with van der Waals surface area (Å²) in [5.41, 5.74) is 4.41. The molecule has 0 saturated heterocycles. The molecular formula is C8H13NO2. The molecule has 0 aromatic carbocycles. The van der Waals surface area contributed by atoms with Crippen LogP contribution in [0.2, 0.25) is 0 Å². The molecule has 1 rings (SSSR count). The van der Waals surface area contributed by atoms with Crippen molar-refractivity contribution in [3.63, 3.8) is 0 Å². The summed E-state index contributed by atoms with van der Waals surface area (Å²) < 4.78 is 0. The van der Waals surface area contributed by atoms with Crippen LogP contribution in [-0.2, 0) is 9.63 Å². The second-order valence-corrected chi connectivity index (χ2v) is 2.75. The monoisotopic (exact) mass is 155 g/mol. The molecule has 11 heavy (non-hydrogen) atoms. The first-order valence-corrected chi connectivity index (χ1v) is 3.77. The van der Waals surface area contributed by atoms with E-state index in [2.05, 4.69) is 10.3 Å². The molecule has 0 heterocycles. The SMILES string of the molecule is CONC(=O)C1=C(C)CCC1. The van der Waals surface area contributed by atoms with Gasteiger partial charge >= 0.3 is 0 Å². The molecule has 1 aliphatic rings. The van der Waals surface area contributed by atoms with Gasteiger partial charge in [-0.05, 0) is 26.2 Å². The first-order chi connectivity index (χ1) is 5.25. The summed E-state index contributed by atoms with van der Waals surface area (Å²) in [6.45, 7) is 2.00. The Balaban J connectivity index is 2.59. The predicted octanol–water partition coefficient (Wildman–Crippen LogP) is 1.16. The Morgan fingerprint density at radius 3 is 2.73 bits per heavy atom. The van der Waals surface area contributed by atoms with Crippen LogP contribution in [0.15, 0.2) is 11.1 Å². The van der Waals surface area contributed by atoms with Gasteiger partial charge in [-0.3, -0.25) is 9.63 Å².